The number of methoxy groups -OCH3 is 1. The fourth-order valence-corrected chi connectivity index (χ4v) is 4.02. The third kappa shape index (κ3) is 5.49. The first-order valence-corrected chi connectivity index (χ1v) is 9.61. The Hall–Kier alpha value is -1.50. The summed E-state index contributed by atoms with van der Waals surface area (Å²) in [5.74, 6) is 0.961. The van der Waals surface area contributed by atoms with Gasteiger partial charge in [-0.15, -0.1) is 11.3 Å². The summed E-state index contributed by atoms with van der Waals surface area (Å²) in [5, 5.41) is 0.442. The van der Waals surface area contributed by atoms with E-state index in [1.807, 2.05) is 19.1 Å². The molecule has 25 heavy (non-hydrogen) atoms. The van der Waals surface area contributed by atoms with Crippen LogP contribution >= 0.6 is 38.9 Å². The smallest absolute Gasteiger partial charge is 0.246 e. The summed E-state index contributed by atoms with van der Waals surface area (Å²) in [6, 6.07) is 7.51. The van der Waals surface area contributed by atoms with Gasteiger partial charge in [0.25, 0.3) is 0 Å². The number of likely N-dealkylation sites (N-methyl/N-ethyl adjacent to an activating group) is 1. The van der Waals surface area contributed by atoms with Crippen LogP contribution in [0.15, 0.2) is 34.1 Å². The molecule has 0 N–H and O–H groups in total. The Morgan fingerprint density at radius 2 is 2.16 bits per heavy atom. The van der Waals surface area contributed by atoms with E-state index in [9.17, 15) is 4.79 Å². The van der Waals surface area contributed by atoms with Crippen LogP contribution in [0.3, 0.4) is 0 Å². The predicted molar refractivity (Wildman–Crippen MR) is 107 cm³/mol. The SMILES string of the molecule is CCOc1cc(/C=C/C(=O)N(C)Cc2ccc(Br)s2)cc(Cl)c1OC. The zero-order chi connectivity index (χ0) is 18.4. The van der Waals surface area contributed by atoms with Gasteiger partial charge in [0.2, 0.25) is 5.91 Å². The molecule has 1 aromatic carbocycles. The minimum absolute atomic E-state index is 0.0885. The number of carbonyl (C=O) groups is 1. The van der Waals surface area contributed by atoms with E-state index in [-0.39, 0.29) is 5.91 Å². The van der Waals surface area contributed by atoms with Gasteiger partial charge in [0.05, 0.1) is 29.1 Å². The second kappa shape index (κ2) is 9.27. The molecule has 7 heteroatoms. The predicted octanol–water partition coefficient (Wildman–Crippen LogP) is 5.24. The fraction of sp³-hybridized carbons (Fsp3) is 0.278. The fourth-order valence-electron chi connectivity index (χ4n) is 2.19. The molecule has 0 bridgehead atoms. The van der Waals surface area contributed by atoms with E-state index in [0.717, 1.165) is 14.2 Å². The molecular weight excluding hydrogens is 426 g/mol. The van der Waals surface area contributed by atoms with Crippen LogP contribution in [-0.4, -0.2) is 31.6 Å². The van der Waals surface area contributed by atoms with Gasteiger partial charge in [-0.3, -0.25) is 4.79 Å². The maximum atomic E-state index is 12.3. The number of hydrogen-bond acceptors (Lipinski definition) is 4. The van der Waals surface area contributed by atoms with E-state index in [0.29, 0.717) is 29.7 Å². The van der Waals surface area contributed by atoms with Crippen LogP contribution in [0.2, 0.25) is 5.02 Å². The third-order valence-electron chi connectivity index (χ3n) is 3.35. The third-order valence-corrected chi connectivity index (χ3v) is 5.24. The summed E-state index contributed by atoms with van der Waals surface area (Å²) in [7, 11) is 3.31. The molecule has 0 atom stereocenters. The average molecular weight is 445 g/mol. The molecule has 0 aliphatic carbocycles. The summed E-state index contributed by atoms with van der Waals surface area (Å²) in [6.45, 7) is 2.95. The van der Waals surface area contributed by atoms with E-state index >= 15 is 0 Å². The zero-order valence-corrected chi connectivity index (χ0v) is 17.4. The highest BCUT2D eigenvalue weighted by Gasteiger charge is 2.11. The maximum absolute atomic E-state index is 12.3. The van der Waals surface area contributed by atoms with Gasteiger partial charge in [-0.25, -0.2) is 0 Å². The molecule has 0 aliphatic heterocycles. The summed E-state index contributed by atoms with van der Waals surface area (Å²) >= 11 is 11.3. The van der Waals surface area contributed by atoms with E-state index < -0.39 is 0 Å². The van der Waals surface area contributed by atoms with Crippen molar-refractivity contribution in [3.05, 3.63) is 49.6 Å². The largest absolute Gasteiger partial charge is 0.491 e. The van der Waals surface area contributed by atoms with Crippen LogP contribution in [0.25, 0.3) is 6.08 Å². The molecule has 0 unspecified atom stereocenters. The molecule has 2 rings (SSSR count). The molecule has 1 heterocycles. The highest BCUT2D eigenvalue weighted by molar-refractivity contribution is 9.11. The van der Waals surface area contributed by atoms with E-state index in [1.165, 1.54) is 6.08 Å². The van der Waals surface area contributed by atoms with Gasteiger partial charge >= 0.3 is 0 Å². The molecule has 2 aromatic rings. The molecule has 1 amide bonds. The summed E-state index contributed by atoms with van der Waals surface area (Å²) in [6.07, 6.45) is 3.24. The van der Waals surface area contributed by atoms with E-state index in [2.05, 4.69) is 15.9 Å². The molecule has 0 aliphatic rings. The van der Waals surface area contributed by atoms with Crippen LogP contribution in [0.1, 0.15) is 17.4 Å². The van der Waals surface area contributed by atoms with Crippen molar-refractivity contribution in [1.82, 2.24) is 4.90 Å². The number of thiophene rings is 1. The van der Waals surface area contributed by atoms with Gasteiger partial charge in [0.1, 0.15) is 0 Å². The van der Waals surface area contributed by atoms with Gasteiger partial charge in [0.15, 0.2) is 11.5 Å². The quantitative estimate of drug-likeness (QED) is 0.548. The standard InChI is InChI=1S/C18H19BrClNO3S/c1-4-24-15-10-12(9-14(20)18(15)23-3)5-8-17(22)21(2)11-13-6-7-16(19)25-13/h5-10H,4,11H2,1-3H3/b8-5+. The Labute approximate surface area is 165 Å². The van der Waals surface area contributed by atoms with Crippen molar-refractivity contribution in [3.63, 3.8) is 0 Å². The van der Waals surface area contributed by atoms with E-state index in [1.54, 1.807) is 48.6 Å². The van der Waals surface area contributed by atoms with Gasteiger partial charge in [0, 0.05) is 18.0 Å². The van der Waals surface area contributed by atoms with Crippen LogP contribution < -0.4 is 9.47 Å². The number of rotatable bonds is 7. The van der Waals surface area contributed by atoms with Crippen LogP contribution in [-0.2, 0) is 11.3 Å². The van der Waals surface area contributed by atoms with Crippen molar-refractivity contribution in [1.29, 1.82) is 0 Å². The van der Waals surface area contributed by atoms with Gasteiger partial charge in [-0.05, 0) is 58.8 Å². The van der Waals surface area contributed by atoms with Crippen molar-refractivity contribution >= 4 is 50.9 Å². The number of carbonyl (C=O) groups excluding carboxylic acids is 1. The normalized spacial score (nSPS) is 10.9. The van der Waals surface area contributed by atoms with Crippen molar-refractivity contribution in [2.75, 3.05) is 20.8 Å². The lowest BCUT2D eigenvalue weighted by Crippen LogP contribution is -2.23. The minimum atomic E-state index is -0.0885. The van der Waals surface area contributed by atoms with Crippen LogP contribution in [0.5, 0.6) is 11.5 Å². The lowest BCUT2D eigenvalue weighted by molar-refractivity contribution is -0.125. The van der Waals surface area contributed by atoms with Gasteiger partial charge in [-0.1, -0.05) is 11.6 Å². The zero-order valence-electron chi connectivity index (χ0n) is 14.2. The second-order valence-corrected chi connectivity index (χ2v) is 8.16. The van der Waals surface area contributed by atoms with Gasteiger partial charge in [-0.2, -0.15) is 0 Å². The maximum Gasteiger partial charge on any atom is 0.246 e. The lowest BCUT2D eigenvalue weighted by atomic mass is 10.2. The number of hydrogen-bond donors (Lipinski definition) is 0. The average Bonchev–Trinajstić information content (AvgIpc) is 2.97. The van der Waals surface area contributed by atoms with Crippen LogP contribution in [0.4, 0.5) is 0 Å². The monoisotopic (exact) mass is 443 g/mol. The summed E-state index contributed by atoms with van der Waals surface area (Å²) in [4.78, 5) is 15.1. The first-order valence-electron chi connectivity index (χ1n) is 7.62. The lowest BCUT2D eigenvalue weighted by Gasteiger charge is -2.14. The van der Waals surface area contributed by atoms with Gasteiger partial charge < -0.3 is 14.4 Å². The highest BCUT2D eigenvalue weighted by atomic mass is 79.9. The van der Waals surface area contributed by atoms with Crippen molar-refractivity contribution in [2.24, 2.45) is 0 Å². The number of benzene rings is 1. The second-order valence-electron chi connectivity index (χ2n) is 5.20. The van der Waals surface area contributed by atoms with Crippen LogP contribution in [0, 0.1) is 0 Å². The molecule has 1 aromatic heterocycles. The van der Waals surface area contributed by atoms with Crippen molar-refractivity contribution in [2.45, 2.75) is 13.5 Å². The number of ether oxygens (including phenoxy) is 2. The summed E-state index contributed by atoms with van der Waals surface area (Å²) in [5.41, 5.74) is 0.773. The Kier molecular flexibility index (Phi) is 7.35. The Morgan fingerprint density at radius 3 is 2.76 bits per heavy atom. The molecule has 0 saturated carbocycles. The van der Waals surface area contributed by atoms with Crippen molar-refractivity contribution in [3.8, 4) is 11.5 Å². The number of nitrogens with zero attached hydrogens (tertiary/aromatic N) is 1. The molecule has 4 nitrogen and oxygen atoms in total. The van der Waals surface area contributed by atoms with Crippen molar-refractivity contribution < 1.29 is 14.3 Å². The number of amides is 1. The molecule has 0 saturated heterocycles. The Balaban J connectivity index is 2.10. The Bertz CT molecular complexity index is 776. The molecule has 0 fully saturated rings. The van der Waals surface area contributed by atoms with E-state index in [4.69, 9.17) is 21.1 Å². The number of halogens is 2. The molecular formula is C18H19BrClNO3S. The molecule has 0 spiro atoms. The first-order chi connectivity index (χ1) is 11.9. The molecule has 0 radical (unpaired) electrons. The first kappa shape index (κ1) is 19.8. The minimum Gasteiger partial charge on any atom is -0.491 e. The summed E-state index contributed by atoms with van der Waals surface area (Å²) < 4.78 is 11.9. The molecule has 134 valence electrons. The topological polar surface area (TPSA) is 38.8 Å². The highest BCUT2D eigenvalue weighted by Crippen LogP contribution is 2.36. The Morgan fingerprint density at radius 1 is 1.40 bits per heavy atom.